The van der Waals surface area contributed by atoms with Gasteiger partial charge in [-0.05, 0) is 30.4 Å². The van der Waals surface area contributed by atoms with E-state index in [1.54, 1.807) is 18.5 Å². The minimum Gasteiger partial charge on any atom is -0.493 e. The van der Waals surface area contributed by atoms with E-state index in [2.05, 4.69) is 4.98 Å². The van der Waals surface area contributed by atoms with Crippen molar-refractivity contribution in [1.29, 1.82) is 0 Å². The fraction of sp³-hybridized carbons (Fsp3) is 0.389. The topological polar surface area (TPSA) is 60.8 Å². The van der Waals surface area contributed by atoms with Crippen LogP contribution < -0.4 is 9.47 Å². The molecule has 0 bridgehead atoms. The first-order chi connectivity index (χ1) is 12.1. The highest BCUT2D eigenvalue weighted by molar-refractivity contribution is 6.43. The van der Waals surface area contributed by atoms with Crippen LogP contribution in [0.25, 0.3) is 11.1 Å². The van der Waals surface area contributed by atoms with Crippen LogP contribution >= 0.6 is 0 Å². The quantitative estimate of drug-likeness (QED) is 0.815. The average Bonchev–Trinajstić information content (AvgIpc) is 3.07. The number of rotatable bonds is 6. The maximum atomic E-state index is 14.6. The molecule has 0 unspecified atom stereocenters. The molecule has 1 atom stereocenters. The van der Waals surface area contributed by atoms with Gasteiger partial charge in [-0.15, -0.1) is 0 Å². The Balaban J connectivity index is 1.95. The molecular formula is C18H21BFNO4. The molecule has 1 saturated heterocycles. The van der Waals surface area contributed by atoms with Crippen LogP contribution in [0.5, 0.6) is 11.5 Å². The highest BCUT2D eigenvalue weighted by Crippen LogP contribution is 2.36. The number of halogens is 1. The molecule has 7 heteroatoms. The molecule has 132 valence electrons. The van der Waals surface area contributed by atoms with Crippen LogP contribution in [0.1, 0.15) is 24.8 Å². The van der Waals surface area contributed by atoms with E-state index in [-0.39, 0.29) is 5.92 Å². The molecule has 0 radical (unpaired) electrons. The average molecular weight is 345 g/mol. The van der Waals surface area contributed by atoms with Crippen LogP contribution in [0, 0.1) is 5.82 Å². The van der Waals surface area contributed by atoms with Crippen LogP contribution in [-0.2, 0) is 4.65 Å². The van der Waals surface area contributed by atoms with Crippen molar-refractivity contribution in [2.75, 3.05) is 20.3 Å². The third-order valence-corrected chi connectivity index (χ3v) is 4.23. The second-order valence-electron chi connectivity index (χ2n) is 6.06. The highest BCUT2D eigenvalue weighted by atomic mass is 19.1. The zero-order valence-electron chi connectivity index (χ0n) is 14.4. The summed E-state index contributed by atoms with van der Waals surface area (Å²) in [6, 6.07) is 4.85. The fourth-order valence-electron chi connectivity index (χ4n) is 2.91. The van der Waals surface area contributed by atoms with E-state index in [0.717, 1.165) is 12.0 Å². The summed E-state index contributed by atoms with van der Waals surface area (Å²) in [5.74, 6) is 0.527. The molecule has 1 aliphatic rings. The van der Waals surface area contributed by atoms with E-state index >= 15 is 0 Å². The maximum Gasteiger partial charge on any atom is 0.454 e. The highest BCUT2D eigenvalue weighted by Gasteiger charge is 2.30. The molecule has 0 saturated carbocycles. The molecule has 0 aliphatic carbocycles. The summed E-state index contributed by atoms with van der Waals surface area (Å²) in [7, 11) is 0.737. The lowest BCUT2D eigenvalue weighted by Gasteiger charge is -2.14. The molecule has 1 aromatic carbocycles. The van der Waals surface area contributed by atoms with Crippen LogP contribution in [0.2, 0.25) is 6.32 Å². The zero-order chi connectivity index (χ0) is 17.8. The van der Waals surface area contributed by atoms with E-state index in [4.69, 9.17) is 14.1 Å². The van der Waals surface area contributed by atoms with Crippen LogP contribution in [-0.4, -0.2) is 37.4 Å². The number of ether oxygens (including phenoxy) is 2. The SMILES string of the molecule is CCCOc1cc(-c2cncc([C@H]3COB(O)C3)c2)c(F)cc1OC. The van der Waals surface area contributed by atoms with Gasteiger partial charge in [-0.3, -0.25) is 4.98 Å². The molecule has 5 nitrogen and oxygen atoms in total. The van der Waals surface area contributed by atoms with E-state index in [1.807, 2.05) is 13.0 Å². The zero-order valence-corrected chi connectivity index (χ0v) is 14.4. The lowest BCUT2D eigenvalue weighted by molar-refractivity contribution is 0.292. The Labute approximate surface area is 146 Å². The van der Waals surface area contributed by atoms with Crippen LogP contribution in [0.3, 0.4) is 0 Å². The molecule has 1 aromatic heterocycles. The molecule has 0 amide bonds. The van der Waals surface area contributed by atoms with Gasteiger partial charge in [0.15, 0.2) is 11.5 Å². The summed E-state index contributed by atoms with van der Waals surface area (Å²) in [4.78, 5) is 4.23. The van der Waals surface area contributed by atoms with E-state index in [1.165, 1.54) is 13.2 Å². The van der Waals surface area contributed by atoms with Crippen LogP contribution in [0.15, 0.2) is 30.6 Å². The first-order valence-electron chi connectivity index (χ1n) is 8.37. The lowest BCUT2D eigenvalue weighted by Crippen LogP contribution is -2.07. The van der Waals surface area contributed by atoms with Crippen molar-refractivity contribution in [1.82, 2.24) is 4.98 Å². The lowest BCUT2D eigenvalue weighted by atomic mass is 9.80. The molecule has 3 rings (SSSR count). The van der Waals surface area contributed by atoms with Crippen molar-refractivity contribution >= 4 is 7.12 Å². The minimum atomic E-state index is -0.750. The van der Waals surface area contributed by atoms with Crippen molar-refractivity contribution in [2.45, 2.75) is 25.6 Å². The maximum absolute atomic E-state index is 14.6. The predicted molar refractivity (Wildman–Crippen MR) is 93.4 cm³/mol. The van der Waals surface area contributed by atoms with Gasteiger partial charge in [0.05, 0.1) is 13.7 Å². The van der Waals surface area contributed by atoms with Crippen molar-refractivity contribution in [3.8, 4) is 22.6 Å². The monoisotopic (exact) mass is 345 g/mol. The smallest absolute Gasteiger partial charge is 0.454 e. The van der Waals surface area contributed by atoms with Gasteiger partial charge in [0.1, 0.15) is 5.82 Å². The summed E-state index contributed by atoms with van der Waals surface area (Å²) < 4.78 is 30.6. The molecule has 25 heavy (non-hydrogen) atoms. The minimum absolute atomic E-state index is 0.0552. The Morgan fingerprint density at radius 3 is 2.84 bits per heavy atom. The molecule has 1 fully saturated rings. The fourth-order valence-corrected chi connectivity index (χ4v) is 2.91. The molecule has 2 aromatic rings. The van der Waals surface area contributed by atoms with E-state index < -0.39 is 12.9 Å². The first kappa shape index (κ1) is 17.7. The standard InChI is InChI=1S/C18H21BFNO4/c1-3-4-24-18-6-15(16(20)7-17(18)23-2)13-5-12(9-21-10-13)14-8-19(22)25-11-14/h5-7,9-10,14,22H,3-4,8,11H2,1-2H3/t14-/m1/s1. The van der Waals surface area contributed by atoms with Gasteiger partial charge >= 0.3 is 7.12 Å². The molecule has 1 aliphatic heterocycles. The molecule has 0 spiro atoms. The molecule has 2 heterocycles. The normalized spacial score (nSPS) is 17.0. The summed E-state index contributed by atoms with van der Waals surface area (Å²) in [6.07, 6.45) is 4.70. The van der Waals surface area contributed by atoms with Crippen LogP contribution in [0.4, 0.5) is 4.39 Å². The van der Waals surface area contributed by atoms with Crippen molar-refractivity contribution in [3.05, 3.63) is 42.0 Å². The number of benzene rings is 1. The van der Waals surface area contributed by atoms with Crippen molar-refractivity contribution in [2.24, 2.45) is 0 Å². The summed E-state index contributed by atoms with van der Waals surface area (Å²) in [5, 5.41) is 9.53. The number of aromatic nitrogens is 1. The van der Waals surface area contributed by atoms with Gasteiger partial charge in [0.2, 0.25) is 0 Å². The Bertz CT molecular complexity index is 743. The molecular weight excluding hydrogens is 324 g/mol. The summed E-state index contributed by atoms with van der Waals surface area (Å²) in [5.41, 5.74) is 1.97. The third-order valence-electron chi connectivity index (χ3n) is 4.23. The van der Waals surface area contributed by atoms with Gasteiger partial charge < -0.3 is 19.2 Å². The predicted octanol–water partition coefficient (Wildman–Crippen LogP) is 3.28. The Kier molecular flexibility index (Phi) is 5.55. The Morgan fingerprint density at radius 1 is 1.32 bits per heavy atom. The summed E-state index contributed by atoms with van der Waals surface area (Å²) in [6.45, 7) is 2.96. The van der Waals surface area contributed by atoms with E-state index in [9.17, 15) is 9.41 Å². The number of pyridine rings is 1. The second kappa shape index (κ2) is 7.84. The van der Waals surface area contributed by atoms with Gasteiger partial charge in [-0.2, -0.15) is 0 Å². The first-order valence-corrected chi connectivity index (χ1v) is 8.37. The number of methoxy groups -OCH3 is 1. The van der Waals surface area contributed by atoms with Crippen molar-refractivity contribution < 1.29 is 23.5 Å². The van der Waals surface area contributed by atoms with Crippen molar-refractivity contribution in [3.63, 3.8) is 0 Å². The van der Waals surface area contributed by atoms with Gasteiger partial charge in [0, 0.05) is 42.1 Å². The number of nitrogens with zero attached hydrogens (tertiary/aromatic N) is 1. The van der Waals surface area contributed by atoms with Gasteiger partial charge in [0.25, 0.3) is 0 Å². The van der Waals surface area contributed by atoms with Gasteiger partial charge in [-0.1, -0.05) is 6.92 Å². The number of hydrogen-bond donors (Lipinski definition) is 1. The Morgan fingerprint density at radius 2 is 2.16 bits per heavy atom. The third kappa shape index (κ3) is 3.94. The summed E-state index contributed by atoms with van der Waals surface area (Å²) >= 11 is 0. The second-order valence-corrected chi connectivity index (χ2v) is 6.06. The molecule has 1 N–H and O–H groups in total. The Hall–Kier alpha value is -2.12. The van der Waals surface area contributed by atoms with E-state index in [0.29, 0.717) is 42.2 Å². The van der Waals surface area contributed by atoms with Gasteiger partial charge in [-0.25, -0.2) is 4.39 Å². The largest absolute Gasteiger partial charge is 0.493 e. The number of hydrogen-bond acceptors (Lipinski definition) is 5.